The van der Waals surface area contributed by atoms with Crippen LogP contribution in [-0.2, 0) is 6.54 Å². The van der Waals surface area contributed by atoms with Crippen LogP contribution in [0, 0.1) is 0 Å². The smallest absolute Gasteiger partial charge is 0.408 e. The van der Waals surface area contributed by atoms with E-state index in [9.17, 15) is 4.79 Å². The van der Waals surface area contributed by atoms with Gasteiger partial charge in [0.05, 0.1) is 17.1 Å². The minimum atomic E-state index is -0.378. The molecule has 1 N–H and O–H groups in total. The number of nitrogens with zero attached hydrogens (tertiary/aromatic N) is 3. The van der Waals surface area contributed by atoms with Gasteiger partial charge in [0.2, 0.25) is 0 Å². The van der Waals surface area contributed by atoms with Crippen LogP contribution < -0.4 is 10.1 Å². The van der Waals surface area contributed by atoms with Crippen LogP contribution in [-0.4, -0.2) is 27.0 Å². The van der Waals surface area contributed by atoms with Crippen LogP contribution in [0.4, 0.5) is 16.3 Å². The Balaban J connectivity index is 1.72. The van der Waals surface area contributed by atoms with Crippen molar-refractivity contribution in [3.8, 4) is 5.75 Å². The quantitative estimate of drug-likeness (QED) is 0.722. The number of carbonyl (C=O) groups excluding carboxylic acids is 1. The molecule has 1 amide bonds. The molecule has 0 bridgehead atoms. The number of amides is 1. The van der Waals surface area contributed by atoms with Crippen molar-refractivity contribution in [2.45, 2.75) is 26.4 Å². The largest absolute Gasteiger partial charge is 0.415 e. The summed E-state index contributed by atoms with van der Waals surface area (Å²) in [6.45, 7) is 4.34. The highest BCUT2D eigenvalue weighted by Crippen LogP contribution is 2.38. The second-order valence-corrected chi connectivity index (χ2v) is 6.81. The Morgan fingerprint density at radius 1 is 1.23 bits per heavy atom. The summed E-state index contributed by atoms with van der Waals surface area (Å²) in [6.07, 6.45) is 1.14. The van der Waals surface area contributed by atoms with Crippen molar-refractivity contribution >= 4 is 40.1 Å². The number of anilines is 2. The SMILES string of the molecule is CC(C)N1Cc2cc(Nc3ncnc4ccccc34)cc(Cl)c2OC1=O. The number of aromatic nitrogens is 2. The monoisotopic (exact) mass is 368 g/mol. The number of hydrogen-bond acceptors (Lipinski definition) is 5. The molecule has 0 spiro atoms. The van der Waals surface area contributed by atoms with Gasteiger partial charge < -0.3 is 15.0 Å². The van der Waals surface area contributed by atoms with Gasteiger partial charge >= 0.3 is 6.09 Å². The van der Waals surface area contributed by atoms with Gasteiger partial charge in [-0.25, -0.2) is 14.8 Å². The Morgan fingerprint density at radius 2 is 2.04 bits per heavy atom. The maximum absolute atomic E-state index is 12.1. The van der Waals surface area contributed by atoms with Crippen molar-refractivity contribution in [2.24, 2.45) is 0 Å². The fraction of sp³-hybridized carbons (Fsp3) is 0.211. The van der Waals surface area contributed by atoms with Crippen molar-refractivity contribution in [2.75, 3.05) is 5.32 Å². The normalized spacial score (nSPS) is 13.7. The molecule has 1 aliphatic rings. The van der Waals surface area contributed by atoms with Gasteiger partial charge in [-0.15, -0.1) is 0 Å². The summed E-state index contributed by atoms with van der Waals surface area (Å²) in [5.74, 6) is 1.12. The van der Waals surface area contributed by atoms with E-state index in [1.807, 2.05) is 44.2 Å². The topological polar surface area (TPSA) is 67.3 Å². The predicted molar refractivity (Wildman–Crippen MR) is 101 cm³/mol. The zero-order valence-electron chi connectivity index (χ0n) is 14.4. The van der Waals surface area contributed by atoms with E-state index in [0.29, 0.717) is 23.1 Å². The van der Waals surface area contributed by atoms with Gasteiger partial charge in [-0.2, -0.15) is 0 Å². The second kappa shape index (κ2) is 6.46. The molecular weight excluding hydrogens is 352 g/mol. The average molecular weight is 369 g/mol. The first kappa shape index (κ1) is 16.6. The minimum absolute atomic E-state index is 0.0387. The highest BCUT2D eigenvalue weighted by atomic mass is 35.5. The molecule has 1 aliphatic heterocycles. The van der Waals surface area contributed by atoms with Gasteiger partial charge in [0.25, 0.3) is 0 Å². The highest BCUT2D eigenvalue weighted by Gasteiger charge is 2.29. The van der Waals surface area contributed by atoms with E-state index in [0.717, 1.165) is 22.2 Å². The molecule has 132 valence electrons. The van der Waals surface area contributed by atoms with E-state index >= 15 is 0 Å². The zero-order valence-corrected chi connectivity index (χ0v) is 15.1. The molecule has 0 saturated carbocycles. The lowest BCUT2D eigenvalue weighted by atomic mass is 10.1. The maximum Gasteiger partial charge on any atom is 0.415 e. The lowest BCUT2D eigenvalue weighted by Crippen LogP contribution is -2.41. The average Bonchev–Trinajstić information content (AvgIpc) is 2.62. The van der Waals surface area contributed by atoms with Crippen molar-refractivity contribution < 1.29 is 9.53 Å². The Kier molecular flexibility index (Phi) is 4.12. The Labute approximate surface area is 155 Å². The van der Waals surface area contributed by atoms with E-state index in [1.54, 1.807) is 11.0 Å². The van der Waals surface area contributed by atoms with Crippen molar-refractivity contribution in [1.29, 1.82) is 0 Å². The third kappa shape index (κ3) is 2.93. The van der Waals surface area contributed by atoms with Crippen LogP contribution in [0.25, 0.3) is 10.9 Å². The van der Waals surface area contributed by atoms with Crippen LogP contribution in [0.15, 0.2) is 42.7 Å². The van der Waals surface area contributed by atoms with Crippen LogP contribution in [0.5, 0.6) is 5.75 Å². The third-order valence-corrected chi connectivity index (χ3v) is 4.59. The van der Waals surface area contributed by atoms with Crippen molar-refractivity contribution in [3.63, 3.8) is 0 Å². The molecule has 3 aromatic rings. The summed E-state index contributed by atoms with van der Waals surface area (Å²) in [7, 11) is 0. The standard InChI is InChI=1S/C19H17ClN4O2/c1-11(2)24-9-12-7-13(8-15(20)17(12)26-19(24)25)23-18-14-5-3-4-6-16(14)21-10-22-18/h3-8,10-11H,9H2,1-2H3,(H,21,22,23). The molecule has 0 radical (unpaired) electrons. The first-order valence-electron chi connectivity index (χ1n) is 8.30. The summed E-state index contributed by atoms with van der Waals surface area (Å²) in [6, 6.07) is 11.5. The maximum atomic E-state index is 12.1. The number of carbonyl (C=O) groups is 1. The fourth-order valence-corrected chi connectivity index (χ4v) is 3.26. The molecule has 1 aromatic heterocycles. The molecule has 7 heteroatoms. The number of para-hydroxylation sites is 1. The molecule has 0 fully saturated rings. The van der Waals surface area contributed by atoms with Gasteiger partial charge in [-0.1, -0.05) is 23.7 Å². The number of halogens is 1. The summed E-state index contributed by atoms with van der Waals surface area (Å²) in [4.78, 5) is 22.3. The number of ether oxygens (including phenoxy) is 1. The Hall–Kier alpha value is -2.86. The number of benzene rings is 2. The molecule has 6 nitrogen and oxygen atoms in total. The van der Waals surface area contributed by atoms with Crippen LogP contribution in [0.3, 0.4) is 0 Å². The second-order valence-electron chi connectivity index (χ2n) is 6.40. The molecule has 26 heavy (non-hydrogen) atoms. The van der Waals surface area contributed by atoms with Gasteiger partial charge in [0, 0.05) is 22.7 Å². The zero-order chi connectivity index (χ0) is 18.3. The van der Waals surface area contributed by atoms with Crippen molar-refractivity contribution in [3.05, 3.63) is 53.3 Å². The Bertz CT molecular complexity index is 1000. The van der Waals surface area contributed by atoms with Gasteiger partial charge in [-0.3, -0.25) is 0 Å². The fourth-order valence-electron chi connectivity index (χ4n) is 2.98. The van der Waals surface area contributed by atoms with Gasteiger partial charge in [-0.05, 0) is 38.1 Å². The predicted octanol–water partition coefficient (Wildman–Crippen LogP) is 4.75. The van der Waals surface area contributed by atoms with Crippen LogP contribution in [0.2, 0.25) is 5.02 Å². The lowest BCUT2D eigenvalue weighted by molar-refractivity contribution is 0.124. The Morgan fingerprint density at radius 3 is 2.85 bits per heavy atom. The molecule has 2 aromatic carbocycles. The van der Waals surface area contributed by atoms with Crippen LogP contribution >= 0.6 is 11.6 Å². The van der Waals surface area contributed by atoms with Crippen molar-refractivity contribution in [1.82, 2.24) is 14.9 Å². The molecule has 0 unspecified atom stereocenters. The third-order valence-electron chi connectivity index (χ3n) is 4.31. The molecule has 0 saturated heterocycles. The highest BCUT2D eigenvalue weighted by molar-refractivity contribution is 6.32. The molecular formula is C19H17ClN4O2. The summed E-state index contributed by atoms with van der Waals surface area (Å²) in [5, 5.41) is 4.60. The van der Waals surface area contributed by atoms with E-state index in [1.165, 1.54) is 6.33 Å². The molecule has 2 heterocycles. The van der Waals surface area contributed by atoms with E-state index in [-0.39, 0.29) is 12.1 Å². The van der Waals surface area contributed by atoms with E-state index < -0.39 is 0 Å². The van der Waals surface area contributed by atoms with Gasteiger partial charge in [0.15, 0.2) is 5.75 Å². The number of fused-ring (bicyclic) bond motifs is 2. The number of rotatable bonds is 3. The lowest BCUT2D eigenvalue weighted by Gasteiger charge is -2.31. The minimum Gasteiger partial charge on any atom is -0.408 e. The first-order valence-corrected chi connectivity index (χ1v) is 8.68. The molecule has 4 rings (SSSR count). The molecule has 0 aliphatic carbocycles. The molecule has 0 atom stereocenters. The first-order chi connectivity index (χ1) is 12.5. The van der Waals surface area contributed by atoms with E-state index in [2.05, 4.69) is 15.3 Å². The summed E-state index contributed by atoms with van der Waals surface area (Å²) < 4.78 is 5.41. The van der Waals surface area contributed by atoms with Crippen LogP contribution in [0.1, 0.15) is 19.4 Å². The number of nitrogens with one attached hydrogen (secondary N) is 1. The van der Waals surface area contributed by atoms with E-state index in [4.69, 9.17) is 16.3 Å². The summed E-state index contributed by atoms with van der Waals surface area (Å²) >= 11 is 6.36. The summed E-state index contributed by atoms with van der Waals surface area (Å²) in [5.41, 5.74) is 2.49. The van der Waals surface area contributed by atoms with Gasteiger partial charge in [0.1, 0.15) is 12.1 Å². The number of hydrogen-bond donors (Lipinski definition) is 1.